The smallest absolute Gasteiger partial charge is 0.170 e. The summed E-state index contributed by atoms with van der Waals surface area (Å²) in [4.78, 5) is 7.01. The number of aryl methyl sites for hydroxylation is 1. The van der Waals surface area contributed by atoms with Crippen molar-refractivity contribution < 1.29 is 0 Å². The molecule has 26 heavy (non-hydrogen) atoms. The van der Waals surface area contributed by atoms with Crippen LogP contribution in [0, 0.1) is 19.8 Å². The number of hydrogen-bond donors (Lipinski definition) is 1. The van der Waals surface area contributed by atoms with Crippen LogP contribution in [0.4, 0.5) is 0 Å². The molecule has 1 aliphatic heterocycles. The van der Waals surface area contributed by atoms with Gasteiger partial charge in [0.25, 0.3) is 0 Å². The van der Waals surface area contributed by atoms with Crippen LogP contribution >= 0.6 is 12.2 Å². The minimum Gasteiger partial charge on any atom is -0.352 e. The van der Waals surface area contributed by atoms with Crippen LogP contribution in [-0.2, 0) is 0 Å². The average molecular weight is 369 g/mol. The molecule has 0 spiro atoms. The Hall–Kier alpha value is -1.88. The lowest BCUT2D eigenvalue weighted by Gasteiger charge is -2.29. The molecule has 2 fully saturated rings. The van der Waals surface area contributed by atoms with E-state index in [2.05, 4.69) is 65.7 Å². The van der Waals surface area contributed by atoms with Crippen molar-refractivity contribution in [3.63, 3.8) is 0 Å². The second-order valence-corrected chi connectivity index (χ2v) is 8.49. The Bertz CT molecular complexity index is 807. The van der Waals surface area contributed by atoms with Gasteiger partial charge in [-0.25, -0.2) is 0 Å². The van der Waals surface area contributed by atoms with Crippen LogP contribution in [0.1, 0.15) is 67.5 Å². The summed E-state index contributed by atoms with van der Waals surface area (Å²) in [6.07, 6.45) is 4.47. The normalized spacial score (nSPS) is 23.0. The zero-order valence-electron chi connectivity index (χ0n) is 16.1. The van der Waals surface area contributed by atoms with E-state index in [0.717, 1.165) is 17.4 Å². The fourth-order valence-electron chi connectivity index (χ4n) is 4.33. The highest BCUT2D eigenvalue weighted by Gasteiger charge is 2.42. The Balaban J connectivity index is 1.79. The van der Waals surface area contributed by atoms with Crippen LogP contribution in [0.2, 0.25) is 0 Å². The first-order valence-corrected chi connectivity index (χ1v) is 10.0. The summed E-state index contributed by atoms with van der Waals surface area (Å²) in [5, 5.41) is 4.40. The average Bonchev–Trinajstić information content (AvgIpc) is 3.33. The topological polar surface area (TPSA) is 33.1 Å². The predicted octanol–water partition coefficient (Wildman–Crippen LogP) is 4.46. The molecule has 138 valence electrons. The molecule has 1 N–H and O–H groups in total. The number of pyridine rings is 1. The van der Waals surface area contributed by atoms with Gasteiger partial charge in [0.2, 0.25) is 0 Å². The van der Waals surface area contributed by atoms with Gasteiger partial charge in [-0.2, -0.15) is 0 Å². The van der Waals surface area contributed by atoms with Crippen LogP contribution in [0.5, 0.6) is 0 Å². The summed E-state index contributed by atoms with van der Waals surface area (Å²) >= 11 is 5.74. The second kappa shape index (κ2) is 6.69. The van der Waals surface area contributed by atoms with Crippen LogP contribution < -0.4 is 5.32 Å². The monoisotopic (exact) mass is 368 g/mol. The van der Waals surface area contributed by atoms with Gasteiger partial charge in [0, 0.05) is 30.2 Å². The molecule has 1 saturated heterocycles. The molecule has 4 nitrogen and oxygen atoms in total. The Morgan fingerprint density at radius 1 is 1.27 bits per heavy atom. The molecule has 0 radical (unpaired) electrons. The van der Waals surface area contributed by atoms with E-state index >= 15 is 0 Å². The standard InChI is InChI=1S/C21H28N4S/c1-13(2)12-24-20(17-11-14(3)25(15(17)4)16-8-9-16)19(23-21(24)26)18-7-5-6-10-22-18/h5-7,10-11,13,16,19-20H,8-9,12H2,1-4H3,(H,23,26)/t19-,20-/m1/s1. The highest BCUT2D eigenvalue weighted by molar-refractivity contribution is 7.80. The molecule has 1 saturated carbocycles. The summed E-state index contributed by atoms with van der Waals surface area (Å²) in [7, 11) is 0. The molecule has 2 atom stereocenters. The van der Waals surface area contributed by atoms with Gasteiger partial charge in [-0.05, 0) is 68.6 Å². The van der Waals surface area contributed by atoms with E-state index in [0.29, 0.717) is 12.0 Å². The molecule has 5 heteroatoms. The molecule has 2 aromatic rings. The first kappa shape index (κ1) is 17.5. The Morgan fingerprint density at radius 3 is 2.65 bits per heavy atom. The van der Waals surface area contributed by atoms with E-state index in [1.165, 1.54) is 29.8 Å². The van der Waals surface area contributed by atoms with Gasteiger partial charge < -0.3 is 14.8 Å². The molecule has 0 aromatic carbocycles. The number of rotatable bonds is 5. The van der Waals surface area contributed by atoms with Crippen molar-refractivity contribution in [2.24, 2.45) is 5.92 Å². The van der Waals surface area contributed by atoms with Crippen molar-refractivity contribution in [3.8, 4) is 0 Å². The van der Waals surface area contributed by atoms with Crippen molar-refractivity contribution in [2.75, 3.05) is 6.54 Å². The quantitative estimate of drug-likeness (QED) is 0.790. The minimum absolute atomic E-state index is 0.0932. The van der Waals surface area contributed by atoms with Gasteiger partial charge >= 0.3 is 0 Å². The van der Waals surface area contributed by atoms with Crippen LogP contribution in [0.3, 0.4) is 0 Å². The molecule has 0 bridgehead atoms. The van der Waals surface area contributed by atoms with Crippen LogP contribution in [0.25, 0.3) is 0 Å². The second-order valence-electron chi connectivity index (χ2n) is 8.10. The zero-order valence-corrected chi connectivity index (χ0v) is 16.9. The van der Waals surface area contributed by atoms with Crippen molar-refractivity contribution in [1.82, 2.24) is 19.8 Å². The molecule has 4 rings (SSSR count). The van der Waals surface area contributed by atoms with E-state index < -0.39 is 0 Å². The lowest BCUT2D eigenvalue weighted by Crippen LogP contribution is -2.33. The number of thiocarbonyl (C=S) groups is 1. The minimum atomic E-state index is 0.0932. The third kappa shape index (κ3) is 3.02. The first-order chi connectivity index (χ1) is 12.5. The van der Waals surface area contributed by atoms with Gasteiger partial charge in [0.1, 0.15) is 0 Å². The third-order valence-corrected chi connectivity index (χ3v) is 5.87. The molecule has 3 heterocycles. The first-order valence-electron chi connectivity index (χ1n) is 9.63. The van der Waals surface area contributed by atoms with Gasteiger partial charge in [-0.15, -0.1) is 0 Å². The fourth-order valence-corrected chi connectivity index (χ4v) is 4.65. The zero-order chi connectivity index (χ0) is 18.4. The number of hydrogen-bond acceptors (Lipinski definition) is 2. The van der Waals surface area contributed by atoms with Crippen molar-refractivity contribution in [2.45, 2.75) is 58.7 Å². The van der Waals surface area contributed by atoms with Gasteiger partial charge in [0.15, 0.2) is 5.11 Å². The van der Waals surface area contributed by atoms with Gasteiger partial charge in [0.05, 0.1) is 17.8 Å². The number of aromatic nitrogens is 2. The Morgan fingerprint density at radius 2 is 2.04 bits per heavy atom. The van der Waals surface area contributed by atoms with Gasteiger partial charge in [-0.3, -0.25) is 4.98 Å². The molecular weight excluding hydrogens is 340 g/mol. The molecule has 0 unspecified atom stereocenters. The third-order valence-electron chi connectivity index (χ3n) is 5.51. The van der Waals surface area contributed by atoms with Crippen molar-refractivity contribution >= 4 is 17.3 Å². The van der Waals surface area contributed by atoms with Crippen LogP contribution in [-0.4, -0.2) is 26.1 Å². The maximum Gasteiger partial charge on any atom is 0.170 e. The van der Waals surface area contributed by atoms with E-state index in [1.54, 1.807) is 0 Å². The Kier molecular flexibility index (Phi) is 4.51. The van der Waals surface area contributed by atoms with Crippen molar-refractivity contribution in [1.29, 1.82) is 0 Å². The van der Waals surface area contributed by atoms with E-state index in [9.17, 15) is 0 Å². The molecule has 1 aliphatic carbocycles. The largest absolute Gasteiger partial charge is 0.352 e. The molecular formula is C21H28N4S. The fraction of sp³-hybridized carbons (Fsp3) is 0.524. The van der Waals surface area contributed by atoms with Gasteiger partial charge in [-0.1, -0.05) is 19.9 Å². The SMILES string of the molecule is Cc1cc([C@@H]2[C@@H](c3ccccn3)NC(=S)N2CC(C)C)c(C)n1C1CC1. The molecule has 0 amide bonds. The molecule has 2 aromatic heterocycles. The summed E-state index contributed by atoms with van der Waals surface area (Å²) in [6.45, 7) is 9.96. The van der Waals surface area contributed by atoms with E-state index in [1.807, 2.05) is 12.3 Å². The summed E-state index contributed by atoms with van der Waals surface area (Å²) in [6, 6.07) is 9.48. The molecule has 2 aliphatic rings. The van der Waals surface area contributed by atoms with E-state index in [4.69, 9.17) is 12.2 Å². The predicted molar refractivity (Wildman–Crippen MR) is 109 cm³/mol. The van der Waals surface area contributed by atoms with E-state index in [-0.39, 0.29) is 12.1 Å². The number of nitrogens with one attached hydrogen (secondary N) is 1. The lowest BCUT2D eigenvalue weighted by atomic mass is 9.96. The number of nitrogens with zero attached hydrogens (tertiary/aromatic N) is 3. The van der Waals surface area contributed by atoms with Crippen LogP contribution in [0.15, 0.2) is 30.5 Å². The maximum atomic E-state index is 5.74. The highest BCUT2D eigenvalue weighted by Crippen LogP contribution is 2.44. The Labute approximate surface area is 161 Å². The maximum absolute atomic E-state index is 5.74. The summed E-state index contributed by atoms with van der Waals surface area (Å²) < 4.78 is 2.53. The summed E-state index contributed by atoms with van der Waals surface area (Å²) in [5.74, 6) is 0.548. The van der Waals surface area contributed by atoms with Crippen molar-refractivity contribution in [3.05, 3.63) is 53.1 Å². The summed E-state index contributed by atoms with van der Waals surface area (Å²) in [5.41, 5.74) is 5.19. The highest BCUT2D eigenvalue weighted by atomic mass is 32.1. The lowest BCUT2D eigenvalue weighted by molar-refractivity contribution is 0.286.